The summed E-state index contributed by atoms with van der Waals surface area (Å²) in [5, 5.41) is 13.2. The van der Waals surface area contributed by atoms with Crippen LogP contribution in [0.15, 0.2) is 53.7 Å². The molecule has 4 nitrogen and oxygen atoms in total. The van der Waals surface area contributed by atoms with E-state index in [0.29, 0.717) is 6.54 Å². The van der Waals surface area contributed by atoms with Gasteiger partial charge in [-0.2, -0.15) is 0 Å². The highest BCUT2D eigenvalue weighted by molar-refractivity contribution is 7.99. The summed E-state index contributed by atoms with van der Waals surface area (Å²) in [7, 11) is 0. The average molecular weight is 411 g/mol. The normalized spacial score (nSPS) is 14.8. The van der Waals surface area contributed by atoms with Crippen LogP contribution >= 0.6 is 11.8 Å². The molecule has 0 amide bonds. The van der Waals surface area contributed by atoms with Crippen molar-refractivity contribution in [3.8, 4) is 5.69 Å². The number of halogens is 1. The van der Waals surface area contributed by atoms with Crippen molar-refractivity contribution >= 4 is 17.4 Å². The third-order valence-corrected chi connectivity index (χ3v) is 6.62. The van der Waals surface area contributed by atoms with Crippen molar-refractivity contribution in [2.75, 3.05) is 11.1 Å². The molecule has 3 aromatic rings. The van der Waals surface area contributed by atoms with E-state index < -0.39 is 0 Å². The molecule has 1 aliphatic rings. The molecule has 0 aliphatic heterocycles. The molecule has 1 aliphatic carbocycles. The van der Waals surface area contributed by atoms with Gasteiger partial charge in [0.2, 0.25) is 0 Å². The summed E-state index contributed by atoms with van der Waals surface area (Å²) in [5.41, 5.74) is 3.16. The number of aryl methyl sites for hydroxylation is 1. The van der Waals surface area contributed by atoms with Crippen molar-refractivity contribution in [3.63, 3.8) is 0 Å². The molecular formula is C23H27FN4S. The summed E-state index contributed by atoms with van der Waals surface area (Å²) in [6, 6.07) is 14.8. The Hall–Kier alpha value is -2.34. The van der Waals surface area contributed by atoms with E-state index in [2.05, 4.69) is 51.3 Å². The number of anilines is 1. The molecule has 1 fully saturated rings. The summed E-state index contributed by atoms with van der Waals surface area (Å²) in [4.78, 5) is 0. The van der Waals surface area contributed by atoms with E-state index in [1.54, 1.807) is 12.1 Å². The summed E-state index contributed by atoms with van der Waals surface area (Å²) in [6.07, 6.45) is 6.72. The van der Waals surface area contributed by atoms with Gasteiger partial charge >= 0.3 is 0 Å². The molecule has 29 heavy (non-hydrogen) atoms. The van der Waals surface area contributed by atoms with Gasteiger partial charge in [0.25, 0.3) is 0 Å². The van der Waals surface area contributed by atoms with Gasteiger partial charge in [-0.3, -0.25) is 4.57 Å². The van der Waals surface area contributed by atoms with Crippen LogP contribution in [-0.4, -0.2) is 20.5 Å². The number of thioether (sulfide) groups is 1. The minimum Gasteiger partial charge on any atom is -0.378 e. The molecule has 1 N–H and O–H groups in total. The highest BCUT2D eigenvalue weighted by Gasteiger charge is 2.18. The number of hydrogen-bond acceptors (Lipinski definition) is 4. The molecule has 0 spiro atoms. The molecule has 152 valence electrons. The van der Waals surface area contributed by atoms with E-state index in [4.69, 9.17) is 0 Å². The molecule has 6 heteroatoms. The summed E-state index contributed by atoms with van der Waals surface area (Å²) in [6.45, 7) is 2.61. The molecule has 0 saturated heterocycles. The van der Waals surface area contributed by atoms with Crippen LogP contribution in [0.25, 0.3) is 5.69 Å². The topological polar surface area (TPSA) is 42.7 Å². The Bertz CT molecular complexity index is 915. The number of nitrogens with zero attached hydrogens (tertiary/aromatic N) is 3. The molecule has 1 aromatic heterocycles. The van der Waals surface area contributed by atoms with Crippen LogP contribution in [-0.2, 0) is 6.54 Å². The molecule has 0 radical (unpaired) electrons. The average Bonchev–Trinajstić information content (AvgIpc) is 3.16. The molecule has 0 unspecified atom stereocenters. The maximum atomic E-state index is 13.2. The Balaban J connectivity index is 1.54. The minimum atomic E-state index is -0.236. The number of nitrogens with one attached hydrogen (secondary N) is 1. The second-order valence-electron chi connectivity index (χ2n) is 7.75. The van der Waals surface area contributed by atoms with Gasteiger partial charge in [-0.25, -0.2) is 4.39 Å². The standard InChI is InChI=1S/C23H27FN4S/c1-17-7-13-21(14-8-17)28-22(15-25-20-11-9-19(24)10-12-20)26-27-23(28)29-16-18-5-3-2-4-6-18/h7-14,18,25H,2-6,15-16H2,1H3. The first-order valence-electron chi connectivity index (χ1n) is 10.3. The fraction of sp³-hybridized carbons (Fsp3) is 0.391. The predicted octanol–water partition coefficient (Wildman–Crippen LogP) is 6.00. The van der Waals surface area contributed by atoms with Crippen LogP contribution < -0.4 is 5.32 Å². The van der Waals surface area contributed by atoms with Crippen molar-refractivity contribution in [2.24, 2.45) is 5.92 Å². The zero-order valence-corrected chi connectivity index (χ0v) is 17.6. The Morgan fingerprint density at radius 1 is 1.00 bits per heavy atom. The van der Waals surface area contributed by atoms with Gasteiger partial charge in [0, 0.05) is 17.1 Å². The number of aromatic nitrogens is 3. The number of benzene rings is 2. The quantitative estimate of drug-likeness (QED) is 0.485. The lowest BCUT2D eigenvalue weighted by Gasteiger charge is -2.21. The first kappa shape index (κ1) is 20.0. The molecule has 0 bridgehead atoms. The van der Waals surface area contributed by atoms with Gasteiger partial charge < -0.3 is 5.32 Å². The van der Waals surface area contributed by atoms with E-state index in [1.165, 1.54) is 49.8 Å². The van der Waals surface area contributed by atoms with Crippen molar-refractivity contribution in [1.82, 2.24) is 14.8 Å². The van der Waals surface area contributed by atoms with Crippen LogP contribution in [0.5, 0.6) is 0 Å². The largest absolute Gasteiger partial charge is 0.378 e. The lowest BCUT2D eigenvalue weighted by molar-refractivity contribution is 0.390. The second kappa shape index (κ2) is 9.44. The monoisotopic (exact) mass is 410 g/mol. The number of rotatable bonds is 7. The fourth-order valence-corrected chi connectivity index (χ4v) is 4.91. The van der Waals surface area contributed by atoms with Gasteiger partial charge in [0.05, 0.1) is 6.54 Å². The third kappa shape index (κ3) is 5.18. The van der Waals surface area contributed by atoms with Gasteiger partial charge in [-0.15, -0.1) is 10.2 Å². The molecule has 1 heterocycles. The van der Waals surface area contributed by atoms with Gasteiger partial charge in [0.15, 0.2) is 11.0 Å². The van der Waals surface area contributed by atoms with Crippen LogP contribution in [0.2, 0.25) is 0 Å². The van der Waals surface area contributed by atoms with Crippen LogP contribution in [0.3, 0.4) is 0 Å². The van der Waals surface area contributed by atoms with Gasteiger partial charge in [-0.1, -0.05) is 48.7 Å². The van der Waals surface area contributed by atoms with E-state index in [9.17, 15) is 4.39 Å². The first-order chi connectivity index (χ1) is 14.2. The molecular weight excluding hydrogens is 383 g/mol. The first-order valence-corrected chi connectivity index (χ1v) is 11.3. The predicted molar refractivity (Wildman–Crippen MR) is 117 cm³/mol. The Kier molecular flexibility index (Phi) is 6.49. The maximum Gasteiger partial charge on any atom is 0.195 e. The van der Waals surface area contributed by atoms with Gasteiger partial charge in [-0.05, 0) is 62.1 Å². The van der Waals surface area contributed by atoms with Crippen molar-refractivity contribution in [3.05, 3.63) is 65.7 Å². The van der Waals surface area contributed by atoms with E-state index in [1.807, 2.05) is 11.8 Å². The Labute approximate surface area is 175 Å². The van der Waals surface area contributed by atoms with Crippen LogP contribution in [0.4, 0.5) is 10.1 Å². The molecule has 2 aromatic carbocycles. The second-order valence-corrected chi connectivity index (χ2v) is 8.73. The maximum absolute atomic E-state index is 13.2. The zero-order chi connectivity index (χ0) is 20.1. The highest BCUT2D eigenvalue weighted by atomic mass is 32.2. The van der Waals surface area contributed by atoms with Crippen LogP contribution in [0.1, 0.15) is 43.5 Å². The van der Waals surface area contributed by atoms with Crippen LogP contribution in [0, 0.1) is 18.7 Å². The van der Waals surface area contributed by atoms with E-state index in [0.717, 1.165) is 34.0 Å². The smallest absolute Gasteiger partial charge is 0.195 e. The third-order valence-electron chi connectivity index (χ3n) is 5.46. The minimum absolute atomic E-state index is 0.236. The summed E-state index contributed by atoms with van der Waals surface area (Å²) >= 11 is 1.81. The Morgan fingerprint density at radius 2 is 1.72 bits per heavy atom. The lowest BCUT2D eigenvalue weighted by atomic mass is 9.91. The molecule has 1 saturated carbocycles. The zero-order valence-electron chi connectivity index (χ0n) is 16.8. The molecule has 0 atom stereocenters. The highest BCUT2D eigenvalue weighted by Crippen LogP contribution is 2.31. The fourth-order valence-electron chi connectivity index (χ4n) is 3.76. The van der Waals surface area contributed by atoms with Crippen molar-refractivity contribution in [2.45, 2.75) is 50.7 Å². The van der Waals surface area contributed by atoms with E-state index >= 15 is 0 Å². The Morgan fingerprint density at radius 3 is 2.45 bits per heavy atom. The molecule has 4 rings (SSSR count). The summed E-state index contributed by atoms with van der Waals surface area (Å²) in [5.74, 6) is 2.48. The number of hydrogen-bond donors (Lipinski definition) is 1. The van der Waals surface area contributed by atoms with Crippen molar-refractivity contribution in [1.29, 1.82) is 0 Å². The van der Waals surface area contributed by atoms with Crippen molar-refractivity contribution < 1.29 is 4.39 Å². The van der Waals surface area contributed by atoms with Gasteiger partial charge in [0.1, 0.15) is 5.82 Å². The summed E-state index contributed by atoms with van der Waals surface area (Å²) < 4.78 is 15.3. The SMILES string of the molecule is Cc1ccc(-n2c(CNc3ccc(F)cc3)nnc2SCC2CCCCC2)cc1. The van der Waals surface area contributed by atoms with E-state index in [-0.39, 0.29) is 5.82 Å². The lowest BCUT2D eigenvalue weighted by Crippen LogP contribution is -2.11.